The number of esters is 1. The lowest BCUT2D eigenvalue weighted by molar-refractivity contribution is 0.0600. The molecule has 6 nitrogen and oxygen atoms in total. The molecule has 1 amide bonds. The summed E-state index contributed by atoms with van der Waals surface area (Å²) in [6, 6.07) is 10.2. The largest absolute Gasteiger partial charge is 0.465 e. The molecular weight excluding hydrogens is 338 g/mol. The Bertz CT molecular complexity index is 793. The van der Waals surface area contributed by atoms with Gasteiger partial charge in [-0.25, -0.2) is 4.79 Å². The molecule has 0 saturated heterocycles. The number of ether oxygens (including phenoxy) is 1. The highest BCUT2D eigenvalue weighted by Gasteiger charge is 2.16. The van der Waals surface area contributed by atoms with Crippen LogP contribution in [0.4, 0.5) is 0 Å². The summed E-state index contributed by atoms with van der Waals surface area (Å²) in [6.45, 7) is 0.413. The van der Waals surface area contributed by atoms with E-state index in [2.05, 4.69) is 15.2 Å². The zero-order valence-electron chi connectivity index (χ0n) is 13.6. The van der Waals surface area contributed by atoms with Crippen molar-refractivity contribution in [2.24, 2.45) is 0 Å². The van der Waals surface area contributed by atoms with Gasteiger partial charge in [0.25, 0.3) is 5.91 Å². The zero-order chi connectivity index (χ0) is 17.6. The van der Waals surface area contributed by atoms with Crippen LogP contribution < -0.4 is 5.32 Å². The number of hydrogen-bond acceptors (Lipinski definition) is 5. The first kappa shape index (κ1) is 16.9. The lowest BCUT2D eigenvalue weighted by Crippen LogP contribution is -2.31. The molecule has 7 heteroatoms. The molecular formula is C18H17N3O3S. The van der Waals surface area contributed by atoms with Crippen molar-refractivity contribution >= 4 is 23.2 Å². The van der Waals surface area contributed by atoms with Crippen LogP contribution in [0.3, 0.4) is 0 Å². The maximum Gasteiger partial charge on any atom is 0.337 e. The van der Waals surface area contributed by atoms with Gasteiger partial charge in [0, 0.05) is 24.5 Å². The third-order valence-corrected chi connectivity index (χ3v) is 4.50. The monoisotopic (exact) mass is 355 g/mol. The molecule has 0 unspecified atom stereocenters. The van der Waals surface area contributed by atoms with Gasteiger partial charge < -0.3 is 10.1 Å². The second-order valence-corrected chi connectivity index (χ2v) is 6.12. The molecule has 0 saturated carbocycles. The fourth-order valence-electron chi connectivity index (χ4n) is 2.46. The molecule has 2 aromatic heterocycles. The van der Waals surface area contributed by atoms with Crippen LogP contribution in [-0.4, -0.2) is 35.3 Å². The predicted octanol–water partition coefficient (Wildman–Crippen LogP) is 2.75. The van der Waals surface area contributed by atoms with E-state index in [4.69, 9.17) is 0 Å². The van der Waals surface area contributed by atoms with Crippen LogP contribution in [0.1, 0.15) is 32.3 Å². The van der Waals surface area contributed by atoms with Crippen LogP contribution in [0, 0.1) is 0 Å². The number of nitrogens with one attached hydrogen (secondary N) is 1. The van der Waals surface area contributed by atoms with Crippen LogP contribution in [-0.2, 0) is 4.74 Å². The van der Waals surface area contributed by atoms with Crippen LogP contribution in [0.2, 0.25) is 0 Å². The Kier molecular flexibility index (Phi) is 5.25. The van der Waals surface area contributed by atoms with Gasteiger partial charge in [0.2, 0.25) is 0 Å². The average molecular weight is 355 g/mol. The Hall–Kier alpha value is -2.93. The summed E-state index contributed by atoms with van der Waals surface area (Å²) < 4.78 is 6.47. The maximum atomic E-state index is 12.4. The number of benzene rings is 1. The Morgan fingerprint density at radius 3 is 2.60 bits per heavy atom. The highest BCUT2D eigenvalue weighted by Crippen LogP contribution is 2.19. The van der Waals surface area contributed by atoms with E-state index in [-0.39, 0.29) is 11.9 Å². The van der Waals surface area contributed by atoms with Crippen molar-refractivity contribution in [2.45, 2.75) is 6.04 Å². The molecule has 25 heavy (non-hydrogen) atoms. The summed E-state index contributed by atoms with van der Waals surface area (Å²) in [7, 11) is 1.32. The van der Waals surface area contributed by atoms with Crippen LogP contribution >= 0.6 is 11.3 Å². The number of rotatable bonds is 6. The molecule has 0 aliphatic rings. The van der Waals surface area contributed by atoms with Gasteiger partial charge in [0.05, 0.1) is 18.7 Å². The molecule has 128 valence electrons. The van der Waals surface area contributed by atoms with Gasteiger partial charge >= 0.3 is 5.97 Å². The minimum atomic E-state index is -0.428. The number of thiophene rings is 1. The van der Waals surface area contributed by atoms with Crippen molar-refractivity contribution in [3.05, 3.63) is 76.2 Å². The van der Waals surface area contributed by atoms with Crippen LogP contribution in [0.15, 0.2) is 59.6 Å². The van der Waals surface area contributed by atoms with Crippen molar-refractivity contribution in [3.63, 3.8) is 0 Å². The Morgan fingerprint density at radius 1 is 1.24 bits per heavy atom. The van der Waals surface area contributed by atoms with E-state index in [1.165, 1.54) is 7.11 Å². The van der Waals surface area contributed by atoms with Crippen molar-refractivity contribution < 1.29 is 14.3 Å². The highest BCUT2D eigenvalue weighted by molar-refractivity contribution is 7.07. The SMILES string of the molecule is COC(=O)c1ccc(C(=O)NC[C@H](c2ccsc2)n2cccn2)cc1. The van der Waals surface area contributed by atoms with E-state index in [1.807, 2.05) is 33.8 Å². The molecule has 0 fully saturated rings. The molecule has 3 rings (SSSR count). The fraction of sp³-hybridized carbons (Fsp3) is 0.167. The van der Waals surface area contributed by atoms with Gasteiger partial charge in [-0.15, -0.1) is 0 Å². The number of carbonyl (C=O) groups is 2. The van der Waals surface area contributed by atoms with Crippen LogP contribution in [0.5, 0.6) is 0 Å². The van der Waals surface area contributed by atoms with Gasteiger partial charge in [-0.2, -0.15) is 16.4 Å². The third kappa shape index (κ3) is 3.95. The molecule has 1 aromatic carbocycles. The summed E-state index contributed by atoms with van der Waals surface area (Å²) in [6.07, 6.45) is 3.59. The van der Waals surface area contributed by atoms with Crippen molar-refractivity contribution in [1.29, 1.82) is 0 Å². The smallest absolute Gasteiger partial charge is 0.337 e. The molecule has 0 aliphatic heterocycles. The maximum absolute atomic E-state index is 12.4. The number of nitrogens with zero attached hydrogens (tertiary/aromatic N) is 2. The Balaban J connectivity index is 1.69. The van der Waals surface area contributed by atoms with Crippen molar-refractivity contribution in [3.8, 4) is 0 Å². The van der Waals surface area contributed by atoms with E-state index >= 15 is 0 Å². The summed E-state index contributed by atoms with van der Waals surface area (Å²) >= 11 is 1.60. The summed E-state index contributed by atoms with van der Waals surface area (Å²) in [5, 5.41) is 11.3. The molecule has 1 N–H and O–H groups in total. The first-order valence-corrected chi connectivity index (χ1v) is 8.61. The lowest BCUT2D eigenvalue weighted by Gasteiger charge is -2.17. The summed E-state index contributed by atoms with van der Waals surface area (Å²) in [4.78, 5) is 23.8. The van der Waals surface area contributed by atoms with Gasteiger partial charge in [0.15, 0.2) is 0 Å². The van der Waals surface area contributed by atoms with E-state index in [1.54, 1.807) is 41.8 Å². The molecule has 0 bridgehead atoms. The van der Waals surface area contributed by atoms with Gasteiger partial charge in [0.1, 0.15) is 0 Å². The molecule has 3 aromatic rings. The molecule has 1 atom stereocenters. The number of hydrogen-bond donors (Lipinski definition) is 1. The van der Waals surface area contributed by atoms with Crippen molar-refractivity contribution in [1.82, 2.24) is 15.1 Å². The second-order valence-electron chi connectivity index (χ2n) is 5.34. The standard InChI is InChI=1S/C18H17N3O3S/c1-24-18(23)14-5-3-13(4-6-14)17(22)19-11-16(15-7-10-25-12-15)21-9-2-8-20-21/h2-10,12,16H,11H2,1H3,(H,19,22)/t16-/m1/s1. The Morgan fingerprint density at radius 2 is 2.00 bits per heavy atom. The topological polar surface area (TPSA) is 73.2 Å². The minimum absolute atomic E-state index is 0.0699. The fourth-order valence-corrected chi connectivity index (χ4v) is 3.17. The number of amides is 1. The summed E-state index contributed by atoms with van der Waals surface area (Å²) in [5.74, 6) is -0.632. The van der Waals surface area contributed by atoms with Crippen LogP contribution in [0.25, 0.3) is 0 Å². The normalized spacial score (nSPS) is 11.7. The van der Waals surface area contributed by atoms with E-state index < -0.39 is 5.97 Å². The molecule has 2 heterocycles. The Labute approximate surface area is 149 Å². The number of aromatic nitrogens is 2. The highest BCUT2D eigenvalue weighted by atomic mass is 32.1. The third-order valence-electron chi connectivity index (χ3n) is 3.80. The molecule has 0 spiro atoms. The average Bonchev–Trinajstić information content (AvgIpc) is 3.35. The minimum Gasteiger partial charge on any atom is -0.465 e. The van der Waals surface area contributed by atoms with E-state index in [0.29, 0.717) is 17.7 Å². The van der Waals surface area contributed by atoms with E-state index in [9.17, 15) is 9.59 Å². The van der Waals surface area contributed by atoms with Crippen molar-refractivity contribution in [2.75, 3.05) is 13.7 Å². The van der Waals surface area contributed by atoms with Gasteiger partial charge in [-0.05, 0) is 52.7 Å². The number of methoxy groups -OCH3 is 1. The van der Waals surface area contributed by atoms with Gasteiger partial charge in [-0.3, -0.25) is 9.48 Å². The first-order chi connectivity index (χ1) is 12.2. The summed E-state index contributed by atoms with van der Waals surface area (Å²) in [5.41, 5.74) is 1.99. The lowest BCUT2D eigenvalue weighted by atomic mass is 10.1. The van der Waals surface area contributed by atoms with Gasteiger partial charge in [-0.1, -0.05) is 0 Å². The predicted molar refractivity (Wildman–Crippen MR) is 94.8 cm³/mol. The molecule has 0 radical (unpaired) electrons. The number of carbonyl (C=O) groups excluding carboxylic acids is 2. The zero-order valence-corrected chi connectivity index (χ0v) is 14.4. The second kappa shape index (κ2) is 7.76. The first-order valence-electron chi connectivity index (χ1n) is 7.67. The quantitative estimate of drug-likeness (QED) is 0.690. The van der Waals surface area contributed by atoms with E-state index in [0.717, 1.165) is 5.56 Å². The molecule has 0 aliphatic carbocycles.